The lowest BCUT2D eigenvalue weighted by Crippen LogP contribution is -2.34. The Morgan fingerprint density at radius 3 is 2.54 bits per heavy atom. The molecular weight excluding hydrogens is 373 g/mol. The highest BCUT2D eigenvalue weighted by Gasteiger charge is 2.14. The van der Waals surface area contributed by atoms with Crippen molar-refractivity contribution in [3.05, 3.63) is 89.5 Å². The van der Waals surface area contributed by atoms with E-state index in [0.717, 1.165) is 28.1 Å². The molecule has 6 heteroatoms. The summed E-state index contributed by atoms with van der Waals surface area (Å²) < 4.78 is 18.7. The largest absolute Gasteiger partial charge is 0.495 e. The summed E-state index contributed by atoms with van der Waals surface area (Å²) in [6, 6.07) is 16.2. The summed E-state index contributed by atoms with van der Waals surface area (Å²) in [5, 5.41) is 3.84. The number of hydrogen-bond acceptors (Lipinski definition) is 3. The molecule has 0 atom stereocenters. The lowest BCUT2D eigenvalue weighted by Gasteiger charge is -2.26. The molecule has 0 fully saturated rings. The summed E-state index contributed by atoms with van der Waals surface area (Å²) >= 11 is 5.70. The number of halogens is 1. The number of pyridine rings is 1. The molecule has 0 spiro atoms. The molecule has 3 aromatic rings. The van der Waals surface area contributed by atoms with Gasteiger partial charge in [-0.05, 0) is 66.2 Å². The standard InChI is InChI=1S/C22H22FN3OS/c1-16-5-10-21(27-2)20(12-16)25-22(28)26(15-18-4-3-11-24-13-18)14-17-6-8-19(23)9-7-17/h3-13H,14-15H2,1-2H3,(H,25,28). The van der Waals surface area contributed by atoms with Gasteiger partial charge in [0.2, 0.25) is 0 Å². The molecule has 0 aliphatic rings. The fourth-order valence-corrected chi connectivity index (χ4v) is 3.07. The lowest BCUT2D eigenvalue weighted by atomic mass is 10.2. The number of thiocarbonyl (C=S) groups is 1. The van der Waals surface area contributed by atoms with Gasteiger partial charge >= 0.3 is 0 Å². The smallest absolute Gasteiger partial charge is 0.174 e. The quantitative estimate of drug-likeness (QED) is 0.599. The zero-order valence-electron chi connectivity index (χ0n) is 15.9. The van der Waals surface area contributed by atoms with E-state index in [-0.39, 0.29) is 5.82 Å². The number of nitrogens with one attached hydrogen (secondary N) is 1. The van der Waals surface area contributed by atoms with Gasteiger partial charge in [-0.3, -0.25) is 4.98 Å². The van der Waals surface area contributed by atoms with Gasteiger partial charge in [0.05, 0.1) is 12.8 Å². The first-order chi connectivity index (χ1) is 13.5. The normalized spacial score (nSPS) is 10.4. The molecule has 0 bridgehead atoms. The highest BCUT2D eigenvalue weighted by molar-refractivity contribution is 7.80. The SMILES string of the molecule is COc1ccc(C)cc1NC(=S)N(Cc1ccc(F)cc1)Cc1cccnc1. The van der Waals surface area contributed by atoms with Crippen molar-refractivity contribution in [3.63, 3.8) is 0 Å². The molecule has 1 aromatic heterocycles. The fourth-order valence-electron chi connectivity index (χ4n) is 2.84. The Morgan fingerprint density at radius 1 is 1.11 bits per heavy atom. The Bertz CT molecular complexity index is 932. The molecule has 0 aliphatic heterocycles. The number of rotatable bonds is 6. The summed E-state index contributed by atoms with van der Waals surface area (Å²) in [7, 11) is 1.63. The van der Waals surface area contributed by atoms with E-state index in [0.29, 0.717) is 18.2 Å². The maximum atomic E-state index is 13.3. The van der Waals surface area contributed by atoms with Crippen molar-refractivity contribution in [1.29, 1.82) is 0 Å². The second-order valence-electron chi connectivity index (χ2n) is 6.48. The Kier molecular flexibility index (Phi) is 6.55. The van der Waals surface area contributed by atoms with Gasteiger partial charge in [0.25, 0.3) is 0 Å². The number of aryl methyl sites for hydroxylation is 1. The van der Waals surface area contributed by atoms with Crippen LogP contribution in [0.2, 0.25) is 0 Å². The van der Waals surface area contributed by atoms with Gasteiger partial charge in [-0.1, -0.05) is 24.3 Å². The van der Waals surface area contributed by atoms with Crippen LogP contribution in [-0.2, 0) is 13.1 Å². The maximum Gasteiger partial charge on any atom is 0.174 e. The zero-order chi connectivity index (χ0) is 19.9. The van der Waals surface area contributed by atoms with Crippen LogP contribution in [0.4, 0.5) is 10.1 Å². The molecule has 3 rings (SSSR count). The first kappa shape index (κ1) is 19.8. The van der Waals surface area contributed by atoms with E-state index in [2.05, 4.69) is 10.3 Å². The van der Waals surface area contributed by atoms with Crippen molar-refractivity contribution in [3.8, 4) is 5.75 Å². The minimum Gasteiger partial charge on any atom is -0.495 e. The van der Waals surface area contributed by atoms with Crippen LogP contribution in [-0.4, -0.2) is 22.1 Å². The third-order valence-electron chi connectivity index (χ3n) is 4.27. The molecule has 1 heterocycles. The molecule has 1 N–H and O–H groups in total. The van der Waals surface area contributed by atoms with Crippen LogP contribution in [0.1, 0.15) is 16.7 Å². The van der Waals surface area contributed by atoms with E-state index < -0.39 is 0 Å². The van der Waals surface area contributed by atoms with Crippen LogP contribution >= 0.6 is 12.2 Å². The lowest BCUT2D eigenvalue weighted by molar-refractivity contribution is 0.408. The molecule has 0 aliphatic carbocycles. The summed E-state index contributed by atoms with van der Waals surface area (Å²) in [5.41, 5.74) is 3.90. The number of hydrogen-bond donors (Lipinski definition) is 1. The number of ether oxygens (including phenoxy) is 1. The van der Waals surface area contributed by atoms with E-state index in [1.165, 1.54) is 12.1 Å². The predicted molar refractivity (Wildman–Crippen MR) is 114 cm³/mol. The van der Waals surface area contributed by atoms with E-state index >= 15 is 0 Å². The van der Waals surface area contributed by atoms with Gasteiger partial charge in [-0.15, -0.1) is 0 Å². The number of benzene rings is 2. The van der Waals surface area contributed by atoms with Crippen molar-refractivity contribution in [2.24, 2.45) is 0 Å². The monoisotopic (exact) mass is 395 g/mol. The highest BCUT2D eigenvalue weighted by atomic mass is 32.1. The van der Waals surface area contributed by atoms with E-state index in [1.54, 1.807) is 25.4 Å². The van der Waals surface area contributed by atoms with Gasteiger partial charge in [-0.2, -0.15) is 0 Å². The van der Waals surface area contributed by atoms with Gasteiger partial charge in [0.15, 0.2) is 5.11 Å². The molecule has 0 radical (unpaired) electrons. The van der Waals surface area contributed by atoms with Crippen molar-refractivity contribution >= 4 is 23.0 Å². The van der Waals surface area contributed by atoms with Crippen LogP contribution < -0.4 is 10.1 Å². The average Bonchev–Trinajstić information content (AvgIpc) is 2.70. The van der Waals surface area contributed by atoms with Gasteiger partial charge < -0.3 is 15.0 Å². The third-order valence-corrected chi connectivity index (χ3v) is 4.63. The van der Waals surface area contributed by atoms with Crippen LogP contribution in [0.15, 0.2) is 67.0 Å². The molecule has 0 amide bonds. The second kappa shape index (κ2) is 9.28. The molecule has 2 aromatic carbocycles. The highest BCUT2D eigenvalue weighted by Crippen LogP contribution is 2.26. The number of methoxy groups -OCH3 is 1. The van der Waals surface area contributed by atoms with Crippen molar-refractivity contribution in [2.45, 2.75) is 20.0 Å². The number of aromatic nitrogens is 1. The Balaban J connectivity index is 1.83. The van der Waals surface area contributed by atoms with Gasteiger partial charge in [-0.25, -0.2) is 4.39 Å². The molecule has 4 nitrogen and oxygen atoms in total. The molecule has 0 saturated carbocycles. The van der Waals surface area contributed by atoms with E-state index in [4.69, 9.17) is 17.0 Å². The second-order valence-corrected chi connectivity index (χ2v) is 6.86. The first-order valence-electron chi connectivity index (χ1n) is 8.89. The summed E-state index contributed by atoms with van der Waals surface area (Å²) in [5.74, 6) is 0.462. The zero-order valence-corrected chi connectivity index (χ0v) is 16.7. The van der Waals surface area contributed by atoms with Crippen molar-refractivity contribution in [2.75, 3.05) is 12.4 Å². The summed E-state index contributed by atoms with van der Waals surface area (Å²) in [6.45, 7) is 3.12. The Morgan fingerprint density at radius 2 is 1.86 bits per heavy atom. The number of anilines is 1. The summed E-state index contributed by atoms with van der Waals surface area (Å²) in [4.78, 5) is 6.19. The van der Waals surface area contributed by atoms with Crippen molar-refractivity contribution in [1.82, 2.24) is 9.88 Å². The minimum absolute atomic E-state index is 0.257. The van der Waals surface area contributed by atoms with Crippen LogP contribution in [0.3, 0.4) is 0 Å². The molecule has 144 valence electrons. The fraction of sp³-hybridized carbons (Fsp3) is 0.182. The van der Waals surface area contributed by atoms with Crippen molar-refractivity contribution < 1.29 is 9.13 Å². The summed E-state index contributed by atoms with van der Waals surface area (Å²) in [6.07, 6.45) is 3.55. The topological polar surface area (TPSA) is 37.4 Å². The van der Waals surface area contributed by atoms with Crippen LogP contribution in [0.5, 0.6) is 5.75 Å². The first-order valence-corrected chi connectivity index (χ1v) is 9.30. The third kappa shape index (κ3) is 5.27. The molecule has 0 saturated heterocycles. The average molecular weight is 396 g/mol. The van der Waals surface area contributed by atoms with Gasteiger partial charge in [0.1, 0.15) is 11.6 Å². The van der Waals surface area contributed by atoms with Crippen LogP contribution in [0.25, 0.3) is 0 Å². The maximum absolute atomic E-state index is 13.3. The Labute approximate surface area is 170 Å². The Hall–Kier alpha value is -2.99. The van der Waals surface area contributed by atoms with Crippen LogP contribution in [0, 0.1) is 12.7 Å². The molecular formula is C22H22FN3OS. The van der Waals surface area contributed by atoms with E-state index in [1.807, 2.05) is 48.4 Å². The predicted octanol–water partition coefficient (Wildman–Crippen LogP) is 4.94. The van der Waals surface area contributed by atoms with E-state index in [9.17, 15) is 4.39 Å². The number of nitrogens with zero attached hydrogens (tertiary/aromatic N) is 2. The van der Waals surface area contributed by atoms with Gasteiger partial charge in [0, 0.05) is 25.5 Å². The molecule has 0 unspecified atom stereocenters. The molecule has 28 heavy (non-hydrogen) atoms. The minimum atomic E-state index is -0.257.